The van der Waals surface area contributed by atoms with Crippen molar-refractivity contribution in [1.82, 2.24) is 4.98 Å². The zero-order valence-electron chi connectivity index (χ0n) is 9.36. The molecular formula is C12H14N2O2. The van der Waals surface area contributed by atoms with Crippen LogP contribution in [0.5, 0.6) is 5.75 Å². The fourth-order valence-electron chi connectivity index (χ4n) is 1.56. The van der Waals surface area contributed by atoms with E-state index in [-0.39, 0.29) is 0 Å². The number of methoxy groups -OCH3 is 1. The van der Waals surface area contributed by atoms with Crippen LogP contribution in [0.1, 0.15) is 11.7 Å². The van der Waals surface area contributed by atoms with Gasteiger partial charge in [-0.25, -0.2) is 4.98 Å². The number of nitrogens with two attached hydrogens (primary N) is 1. The van der Waals surface area contributed by atoms with Gasteiger partial charge >= 0.3 is 0 Å². The Morgan fingerprint density at radius 1 is 1.31 bits per heavy atom. The molecule has 0 spiro atoms. The second kappa shape index (κ2) is 4.37. The Balaban J connectivity index is 2.38. The van der Waals surface area contributed by atoms with Crippen molar-refractivity contribution in [2.75, 3.05) is 7.11 Å². The maximum Gasteiger partial charge on any atom is 0.208 e. The van der Waals surface area contributed by atoms with E-state index in [2.05, 4.69) is 4.98 Å². The van der Waals surface area contributed by atoms with Gasteiger partial charge < -0.3 is 14.9 Å². The average Bonchev–Trinajstić information content (AvgIpc) is 2.71. The molecule has 4 heteroatoms. The minimum absolute atomic E-state index is 0.316. The van der Waals surface area contributed by atoms with E-state index >= 15 is 0 Å². The first-order valence-corrected chi connectivity index (χ1v) is 5.05. The third kappa shape index (κ3) is 1.92. The summed E-state index contributed by atoms with van der Waals surface area (Å²) in [5, 5.41) is 0. The molecular weight excluding hydrogens is 204 g/mol. The van der Waals surface area contributed by atoms with Crippen molar-refractivity contribution in [3.05, 3.63) is 35.9 Å². The Labute approximate surface area is 94.1 Å². The molecule has 0 aliphatic carbocycles. The normalized spacial score (nSPS) is 10.4. The van der Waals surface area contributed by atoms with E-state index in [0.29, 0.717) is 12.4 Å². The van der Waals surface area contributed by atoms with Gasteiger partial charge in [0.05, 0.1) is 13.7 Å². The Hall–Kier alpha value is -1.81. The number of ether oxygens (including phenoxy) is 1. The summed E-state index contributed by atoms with van der Waals surface area (Å²) < 4.78 is 10.5. The molecule has 0 aliphatic heterocycles. The van der Waals surface area contributed by atoms with E-state index in [0.717, 1.165) is 22.8 Å². The largest absolute Gasteiger partial charge is 0.497 e. The summed E-state index contributed by atoms with van der Waals surface area (Å²) >= 11 is 0. The highest BCUT2D eigenvalue weighted by Gasteiger charge is 2.10. The van der Waals surface area contributed by atoms with Crippen LogP contribution in [-0.2, 0) is 6.54 Å². The number of nitrogens with zero attached hydrogens (tertiary/aromatic N) is 1. The predicted octanol–water partition coefficient (Wildman–Crippen LogP) is 2.12. The average molecular weight is 218 g/mol. The lowest BCUT2D eigenvalue weighted by molar-refractivity contribution is 0.415. The lowest BCUT2D eigenvalue weighted by Gasteiger charge is -2.00. The Morgan fingerprint density at radius 3 is 2.50 bits per heavy atom. The van der Waals surface area contributed by atoms with Crippen LogP contribution in [0.2, 0.25) is 0 Å². The van der Waals surface area contributed by atoms with Crippen molar-refractivity contribution in [2.45, 2.75) is 13.5 Å². The smallest absolute Gasteiger partial charge is 0.208 e. The minimum atomic E-state index is 0.316. The fraction of sp³-hybridized carbons (Fsp3) is 0.250. The van der Waals surface area contributed by atoms with Crippen molar-refractivity contribution < 1.29 is 9.15 Å². The molecule has 0 radical (unpaired) electrons. The molecule has 2 rings (SSSR count). The Bertz CT molecular complexity index is 474. The Morgan fingerprint density at radius 2 is 2.00 bits per heavy atom. The zero-order chi connectivity index (χ0) is 11.5. The molecule has 0 amide bonds. The van der Waals surface area contributed by atoms with E-state index in [4.69, 9.17) is 14.9 Å². The number of aromatic nitrogens is 1. The van der Waals surface area contributed by atoms with Crippen LogP contribution in [-0.4, -0.2) is 12.1 Å². The first kappa shape index (κ1) is 10.7. The highest BCUT2D eigenvalue weighted by atomic mass is 16.5. The molecule has 2 N–H and O–H groups in total. The standard InChI is InChI=1S/C12H14N2O2/c1-8-12(14-11(7-13)16-8)9-3-5-10(15-2)6-4-9/h3-6H,7,13H2,1-2H3. The van der Waals surface area contributed by atoms with Crippen molar-refractivity contribution in [3.8, 4) is 17.0 Å². The van der Waals surface area contributed by atoms with Crippen LogP contribution in [0, 0.1) is 6.92 Å². The number of rotatable bonds is 3. The van der Waals surface area contributed by atoms with Gasteiger partial charge in [0.1, 0.15) is 17.2 Å². The molecule has 0 bridgehead atoms. The second-order valence-electron chi connectivity index (χ2n) is 3.45. The molecule has 1 aromatic carbocycles. The van der Waals surface area contributed by atoms with Gasteiger partial charge in [-0.15, -0.1) is 0 Å². The monoisotopic (exact) mass is 218 g/mol. The maximum absolute atomic E-state index is 5.48. The minimum Gasteiger partial charge on any atom is -0.497 e. The van der Waals surface area contributed by atoms with Gasteiger partial charge in [-0.3, -0.25) is 0 Å². The number of hydrogen-bond donors (Lipinski definition) is 1. The van der Waals surface area contributed by atoms with E-state index in [9.17, 15) is 0 Å². The summed E-state index contributed by atoms with van der Waals surface area (Å²) in [5.74, 6) is 2.16. The van der Waals surface area contributed by atoms with Crippen molar-refractivity contribution in [3.63, 3.8) is 0 Å². The zero-order valence-corrected chi connectivity index (χ0v) is 9.36. The molecule has 0 unspecified atom stereocenters. The molecule has 2 aromatic rings. The fourth-order valence-corrected chi connectivity index (χ4v) is 1.56. The summed E-state index contributed by atoms with van der Waals surface area (Å²) in [6.07, 6.45) is 0. The molecule has 0 atom stereocenters. The van der Waals surface area contributed by atoms with E-state index in [1.807, 2.05) is 31.2 Å². The van der Waals surface area contributed by atoms with Crippen molar-refractivity contribution >= 4 is 0 Å². The van der Waals surface area contributed by atoms with E-state index in [1.165, 1.54) is 0 Å². The maximum atomic E-state index is 5.48. The topological polar surface area (TPSA) is 61.3 Å². The van der Waals surface area contributed by atoms with E-state index in [1.54, 1.807) is 7.11 Å². The van der Waals surface area contributed by atoms with Gasteiger partial charge in [0.15, 0.2) is 0 Å². The highest BCUT2D eigenvalue weighted by molar-refractivity contribution is 5.61. The van der Waals surface area contributed by atoms with Gasteiger partial charge in [-0.05, 0) is 31.2 Å². The molecule has 16 heavy (non-hydrogen) atoms. The van der Waals surface area contributed by atoms with Gasteiger partial charge in [-0.1, -0.05) is 0 Å². The third-order valence-electron chi connectivity index (χ3n) is 2.38. The third-order valence-corrected chi connectivity index (χ3v) is 2.38. The molecule has 1 aromatic heterocycles. The van der Waals surface area contributed by atoms with Crippen LogP contribution < -0.4 is 10.5 Å². The van der Waals surface area contributed by atoms with E-state index < -0.39 is 0 Å². The van der Waals surface area contributed by atoms with Crippen molar-refractivity contribution in [2.24, 2.45) is 5.73 Å². The number of oxazole rings is 1. The Kier molecular flexibility index (Phi) is 2.92. The highest BCUT2D eigenvalue weighted by Crippen LogP contribution is 2.25. The van der Waals surface area contributed by atoms with Gasteiger partial charge in [0, 0.05) is 5.56 Å². The summed E-state index contributed by atoms with van der Waals surface area (Å²) in [5.41, 5.74) is 7.32. The van der Waals surface area contributed by atoms with Crippen LogP contribution in [0.25, 0.3) is 11.3 Å². The summed E-state index contributed by atoms with van der Waals surface area (Å²) in [6.45, 7) is 2.20. The van der Waals surface area contributed by atoms with Crippen LogP contribution in [0.15, 0.2) is 28.7 Å². The lowest BCUT2D eigenvalue weighted by atomic mass is 10.1. The first-order chi connectivity index (χ1) is 7.74. The first-order valence-electron chi connectivity index (χ1n) is 5.05. The number of hydrogen-bond acceptors (Lipinski definition) is 4. The molecule has 84 valence electrons. The SMILES string of the molecule is COc1ccc(-c2nc(CN)oc2C)cc1. The molecule has 4 nitrogen and oxygen atoms in total. The summed E-state index contributed by atoms with van der Waals surface area (Å²) in [7, 11) is 1.64. The number of benzene rings is 1. The van der Waals surface area contributed by atoms with Gasteiger partial charge in [0.2, 0.25) is 5.89 Å². The quantitative estimate of drug-likeness (QED) is 0.857. The molecule has 0 saturated carbocycles. The molecule has 0 fully saturated rings. The second-order valence-corrected chi connectivity index (χ2v) is 3.45. The van der Waals surface area contributed by atoms with Crippen LogP contribution >= 0.6 is 0 Å². The van der Waals surface area contributed by atoms with Crippen LogP contribution in [0.4, 0.5) is 0 Å². The molecule has 1 heterocycles. The summed E-state index contributed by atoms with van der Waals surface area (Å²) in [6, 6.07) is 7.69. The number of aryl methyl sites for hydroxylation is 1. The predicted molar refractivity (Wildman–Crippen MR) is 61.1 cm³/mol. The molecule has 0 aliphatic rings. The van der Waals surface area contributed by atoms with Crippen LogP contribution in [0.3, 0.4) is 0 Å². The van der Waals surface area contributed by atoms with Gasteiger partial charge in [0.25, 0.3) is 0 Å². The van der Waals surface area contributed by atoms with Crippen molar-refractivity contribution in [1.29, 1.82) is 0 Å². The lowest BCUT2D eigenvalue weighted by Crippen LogP contribution is -1.95. The summed E-state index contributed by atoms with van der Waals surface area (Å²) in [4.78, 5) is 4.32. The molecule has 0 saturated heterocycles. The van der Waals surface area contributed by atoms with Gasteiger partial charge in [-0.2, -0.15) is 0 Å².